The number of aromatic nitrogens is 3. The third-order valence-electron chi connectivity index (χ3n) is 4.53. The van der Waals surface area contributed by atoms with Crippen LogP contribution in [0.15, 0.2) is 12.3 Å². The molecule has 0 bridgehead atoms. The summed E-state index contributed by atoms with van der Waals surface area (Å²) in [5.41, 5.74) is 2.00. The van der Waals surface area contributed by atoms with Crippen LogP contribution in [0.3, 0.4) is 0 Å². The van der Waals surface area contributed by atoms with Crippen LogP contribution in [0.25, 0.3) is 11.0 Å². The van der Waals surface area contributed by atoms with Crippen molar-refractivity contribution in [2.75, 3.05) is 19.7 Å². The Morgan fingerprint density at radius 2 is 2.04 bits per heavy atom. The number of amides is 1. The number of carbonyl (C=O) groups excluding carboxylic acids is 1. The van der Waals surface area contributed by atoms with Crippen molar-refractivity contribution in [1.29, 1.82) is 0 Å². The molecule has 0 radical (unpaired) electrons. The van der Waals surface area contributed by atoms with Crippen LogP contribution in [0.1, 0.15) is 55.7 Å². The topological polar surface area (TPSA) is 97.5 Å². The van der Waals surface area contributed by atoms with Crippen LogP contribution in [0, 0.1) is 0 Å². The fourth-order valence-electron chi connectivity index (χ4n) is 3.04. The quantitative estimate of drug-likeness (QED) is 0.896. The minimum Gasteiger partial charge on any atom is -0.479 e. The maximum atomic E-state index is 13.1. The maximum Gasteiger partial charge on any atom is 0.334 e. The molecule has 0 saturated carbocycles. The Labute approximate surface area is 151 Å². The third-order valence-corrected chi connectivity index (χ3v) is 4.53. The molecule has 26 heavy (non-hydrogen) atoms. The van der Waals surface area contributed by atoms with E-state index in [0.29, 0.717) is 23.1 Å². The van der Waals surface area contributed by atoms with Crippen molar-refractivity contribution in [1.82, 2.24) is 19.7 Å². The van der Waals surface area contributed by atoms with Crippen molar-refractivity contribution in [3.8, 4) is 0 Å². The molecule has 1 saturated heterocycles. The van der Waals surface area contributed by atoms with E-state index >= 15 is 0 Å². The molecule has 3 heterocycles. The number of ether oxygens (including phenoxy) is 1. The number of carboxylic acid groups (broad SMARTS) is 1. The number of rotatable bonds is 4. The Morgan fingerprint density at radius 1 is 1.31 bits per heavy atom. The van der Waals surface area contributed by atoms with Gasteiger partial charge in [-0.2, -0.15) is 5.10 Å². The summed E-state index contributed by atoms with van der Waals surface area (Å²) in [4.78, 5) is 30.6. The van der Waals surface area contributed by atoms with Crippen molar-refractivity contribution >= 4 is 22.9 Å². The van der Waals surface area contributed by atoms with Gasteiger partial charge in [-0.05, 0) is 25.8 Å². The second-order valence-electron chi connectivity index (χ2n) is 7.12. The zero-order chi connectivity index (χ0) is 19.0. The first-order chi connectivity index (χ1) is 12.3. The molecule has 0 spiro atoms. The molecule has 0 aromatic carbocycles. The highest BCUT2D eigenvalue weighted by molar-refractivity contribution is 6.05. The Hall–Kier alpha value is -2.48. The van der Waals surface area contributed by atoms with E-state index in [1.807, 2.05) is 27.7 Å². The number of nitrogens with zero attached hydrogens (tertiary/aromatic N) is 4. The van der Waals surface area contributed by atoms with E-state index in [-0.39, 0.29) is 31.0 Å². The molecule has 1 amide bonds. The average Bonchev–Trinajstić information content (AvgIpc) is 3.04. The monoisotopic (exact) mass is 360 g/mol. The first kappa shape index (κ1) is 18.3. The van der Waals surface area contributed by atoms with Gasteiger partial charge in [-0.1, -0.05) is 13.8 Å². The highest BCUT2D eigenvalue weighted by Gasteiger charge is 2.31. The zero-order valence-corrected chi connectivity index (χ0v) is 15.5. The Bertz CT molecular complexity index is 843. The lowest BCUT2D eigenvalue weighted by atomic mass is 10.0. The molecule has 140 valence electrons. The van der Waals surface area contributed by atoms with E-state index < -0.39 is 12.1 Å². The predicted octanol–water partition coefficient (Wildman–Crippen LogP) is 2.06. The summed E-state index contributed by atoms with van der Waals surface area (Å²) in [5.74, 6) is -1.12. The molecule has 8 heteroatoms. The molecular formula is C18H24N4O4. The highest BCUT2D eigenvalue weighted by Crippen LogP contribution is 2.26. The van der Waals surface area contributed by atoms with Crippen LogP contribution in [0.4, 0.5) is 0 Å². The van der Waals surface area contributed by atoms with Gasteiger partial charge in [0.1, 0.15) is 0 Å². The van der Waals surface area contributed by atoms with Crippen LogP contribution in [-0.2, 0) is 9.53 Å². The van der Waals surface area contributed by atoms with Crippen LogP contribution in [0.5, 0.6) is 0 Å². The van der Waals surface area contributed by atoms with Crippen molar-refractivity contribution in [2.24, 2.45) is 0 Å². The van der Waals surface area contributed by atoms with Gasteiger partial charge >= 0.3 is 5.97 Å². The van der Waals surface area contributed by atoms with E-state index in [4.69, 9.17) is 9.72 Å². The lowest BCUT2D eigenvalue weighted by Crippen LogP contribution is -2.48. The minimum atomic E-state index is -1.06. The lowest BCUT2D eigenvalue weighted by molar-refractivity contribution is -0.154. The average molecular weight is 360 g/mol. The van der Waals surface area contributed by atoms with Gasteiger partial charge in [-0.25, -0.2) is 14.5 Å². The minimum absolute atomic E-state index is 0.0350. The molecule has 1 N–H and O–H groups in total. The van der Waals surface area contributed by atoms with E-state index in [1.165, 1.54) is 4.90 Å². The number of carbonyl (C=O) groups is 2. The molecule has 2 aromatic rings. The summed E-state index contributed by atoms with van der Waals surface area (Å²) in [6, 6.07) is 1.91. The van der Waals surface area contributed by atoms with Crippen LogP contribution in [0.2, 0.25) is 0 Å². The molecule has 2 aromatic heterocycles. The molecule has 1 atom stereocenters. The Morgan fingerprint density at radius 3 is 2.65 bits per heavy atom. The molecular weight excluding hydrogens is 336 g/mol. The van der Waals surface area contributed by atoms with Gasteiger partial charge in [0, 0.05) is 18.3 Å². The molecule has 1 aliphatic heterocycles. The van der Waals surface area contributed by atoms with Gasteiger partial charge in [-0.3, -0.25) is 4.79 Å². The Kier molecular flexibility index (Phi) is 4.95. The van der Waals surface area contributed by atoms with E-state index in [2.05, 4.69) is 5.10 Å². The standard InChI is InChI=1S/C18H24N4O4/c1-10(2)14-7-12(13-8-19-22(11(3)4)16(13)20-14)17(23)21-5-6-26-15(9-21)18(24)25/h7-8,10-11,15H,5-6,9H2,1-4H3,(H,24,25)/t15-/m0/s1. The fraction of sp³-hybridized carbons (Fsp3) is 0.556. The molecule has 0 unspecified atom stereocenters. The normalized spacial score (nSPS) is 18.1. The van der Waals surface area contributed by atoms with Gasteiger partial charge in [0.15, 0.2) is 11.8 Å². The first-order valence-corrected chi connectivity index (χ1v) is 8.81. The first-order valence-electron chi connectivity index (χ1n) is 8.81. The second-order valence-corrected chi connectivity index (χ2v) is 7.12. The van der Waals surface area contributed by atoms with Crippen molar-refractivity contribution in [3.63, 3.8) is 0 Å². The summed E-state index contributed by atoms with van der Waals surface area (Å²) in [6.07, 6.45) is 0.669. The van der Waals surface area contributed by atoms with Gasteiger partial charge in [0.25, 0.3) is 5.91 Å². The van der Waals surface area contributed by atoms with Gasteiger partial charge in [0.2, 0.25) is 0 Å². The smallest absolute Gasteiger partial charge is 0.334 e. The van der Waals surface area contributed by atoms with Crippen molar-refractivity contribution in [3.05, 3.63) is 23.5 Å². The summed E-state index contributed by atoms with van der Waals surface area (Å²) in [5, 5.41) is 14.3. The summed E-state index contributed by atoms with van der Waals surface area (Å²) in [7, 11) is 0. The molecule has 0 aliphatic carbocycles. The van der Waals surface area contributed by atoms with E-state index in [0.717, 1.165) is 5.69 Å². The Balaban J connectivity index is 2.05. The zero-order valence-electron chi connectivity index (χ0n) is 15.5. The van der Waals surface area contributed by atoms with Gasteiger partial charge < -0.3 is 14.7 Å². The largest absolute Gasteiger partial charge is 0.479 e. The number of aliphatic carboxylic acids is 1. The number of morpholine rings is 1. The van der Waals surface area contributed by atoms with Gasteiger partial charge in [0.05, 0.1) is 30.3 Å². The van der Waals surface area contributed by atoms with E-state index in [1.54, 1.807) is 16.9 Å². The summed E-state index contributed by atoms with van der Waals surface area (Å²) >= 11 is 0. The maximum absolute atomic E-state index is 13.1. The van der Waals surface area contributed by atoms with Crippen LogP contribution in [-0.4, -0.2) is 62.4 Å². The van der Waals surface area contributed by atoms with Gasteiger partial charge in [-0.15, -0.1) is 0 Å². The molecule has 1 aliphatic rings. The lowest BCUT2D eigenvalue weighted by Gasteiger charge is -2.31. The van der Waals surface area contributed by atoms with Crippen molar-refractivity contribution < 1.29 is 19.4 Å². The molecule has 8 nitrogen and oxygen atoms in total. The second kappa shape index (κ2) is 7.03. The van der Waals surface area contributed by atoms with Crippen molar-refractivity contribution in [2.45, 2.75) is 45.8 Å². The third kappa shape index (κ3) is 3.29. The number of fused-ring (bicyclic) bond motifs is 1. The summed E-state index contributed by atoms with van der Waals surface area (Å²) < 4.78 is 7.02. The fourth-order valence-corrected chi connectivity index (χ4v) is 3.04. The van der Waals surface area contributed by atoms with Crippen LogP contribution >= 0.6 is 0 Å². The molecule has 3 rings (SSSR count). The van der Waals surface area contributed by atoms with Crippen LogP contribution < -0.4 is 0 Å². The number of pyridine rings is 1. The molecule has 1 fully saturated rings. The SMILES string of the molecule is CC(C)c1cc(C(=O)N2CCO[C@H](C(=O)O)C2)c2cnn(C(C)C)c2n1. The number of carboxylic acids is 1. The number of hydrogen-bond acceptors (Lipinski definition) is 5. The highest BCUT2D eigenvalue weighted by atomic mass is 16.5. The number of hydrogen-bond donors (Lipinski definition) is 1. The predicted molar refractivity (Wildman–Crippen MR) is 95.3 cm³/mol. The summed E-state index contributed by atoms with van der Waals surface area (Å²) in [6.45, 7) is 8.67. The van der Waals surface area contributed by atoms with E-state index in [9.17, 15) is 14.7 Å².